The van der Waals surface area contributed by atoms with E-state index in [0.717, 1.165) is 25.9 Å². The van der Waals surface area contributed by atoms with E-state index in [1.165, 1.54) is 88.8 Å². The van der Waals surface area contributed by atoms with E-state index in [4.69, 9.17) is 0 Å². The number of hydrogen-bond acceptors (Lipinski definition) is 2. The lowest BCUT2D eigenvalue weighted by molar-refractivity contribution is 0.590. The molecule has 0 aromatic heterocycles. The van der Waals surface area contributed by atoms with Crippen molar-refractivity contribution < 1.29 is 0 Å². The normalized spacial score (nSPS) is 14.3. The van der Waals surface area contributed by atoms with Gasteiger partial charge >= 0.3 is 0 Å². The lowest BCUT2D eigenvalue weighted by atomic mass is 9.82. The summed E-state index contributed by atoms with van der Waals surface area (Å²) in [5.74, 6) is 0. The van der Waals surface area contributed by atoms with Gasteiger partial charge in [-0.25, -0.2) is 0 Å². The second-order valence-corrected chi connectivity index (χ2v) is 16.9. The summed E-state index contributed by atoms with van der Waals surface area (Å²) >= 11 is 0. The maximum Gasteiger partial charge on any atom is 0.0444 e. The molecule has 52 heavy (non-hydrogen) atoms. The molecule has 2 nitrogen and oxygen atoms in total. The fourth-order valence-electron chi connectivity index (χ4n) is 8.65. The Balaban J connectivity index is 1.34. The van der Waals surface area contributed by atoms with Gasteiger partial charge in [-0.1, -0.05) is 139 Å². The Hall–Kier alpha value is -5.34. The number of nitrogens with zero attached hydrogens (tertiary/aromatic N) is 2. The summed E-state index contributed by atoms with van der Waals surface area (Å²) in [5.41, 5.74) is 16.0. The maximum atomic E-state index is 2.51. The predicted molar refractivity (Wildman–Crippen MR) is 224 cm³/mol. The van der Waals surface area contributed by atoms with E-state index in [1.54, 1.807) is 0 Å². The summed E-state index contributed by atoms with van der Waals surface area (Å²) in [6.07, 6.45) is 2.14. The summed E-state index contributed by atoms with van der Waals surface area (Å²) < 4.78 is 0. The molecule has 2 heterocycles. The van der Waals surface area contributed by atoms with Gasteiger partial charge in [0.2, 0.25) is 0 Å². The third kappa shape index (κ3) is 5.48. The fourth-order valence-corrected chi connectivity index (χ4v) is 8.65. The predicted octanol–water partition coefficient (Wildman–Crippen LogP) is 13.3. The van der Waals surface area contributed by atoms with Crippen LogP contribution in [-0.2, 0) is 23.7 Å². The Morgan fingerprint density at radius 2 is 0.788 bits per heavy atom. The van der Waals surface area contributed by atoms with Crippen LogP contribution < -0.4 is 9.80 Å². The molecule has 0 N–H and O–H groups in total. The summed E-state index contributed by atoms with van der Waals surface area (Å²) in [7, 11) is 0. The van der Waals surface area contributed by atoms with Crippen molar-refractivity contribution in [2.24, 2.45) is 0 Å². The lowest BCUT2D eigenvalue weighted by Gasteiger charge is -2.25. The highest BCUT2D eigenvalue weighted by Crippen LogP contribution is 2.48. The van der Waals surface area contributed by atoms with Crippen LogP contribution in [0.25, 0.3) is 43.8 Å². The second kappa shape index (κ2) is 12.1. The number of benzene rings is 7. The molecule has 0 amide bonds. The molecule has 2 aliphatic rings. The summed E-state index contributed by atoms with van der Waals surface area (Å²) in [6.45, 7) is 15.8. The second-order valence-electron chi connectivity index (χ2n) is 16.9. The van der Waals surface area contributed by atoms with Crippen molar-refractivity contribution in [2.45, 2.75) is 65.2 Å². The Labute approximate surface area is 309 Å². The first-order chi connectivity index (χ1) is 25.0. The number of para-hydroxylation sites is 2. The third-order valence-electron chi connectivity index (χ3n) is 11.6. The van der Waals surface area contributed by atoms with Crippen LogP contribution in [0.4, 0.5) is 22.7 Å². The highest BCUT2D eigenvalue weighted by Gasteiger charge is 2.25. The molecule has 7 aromatic carbocycles. The first kappa shape index (κ1) is 32.6. The Bertz CT molecular complexity index is 2300. The summed E-state index contributed by atoms with van der Waals surface area (Å²) in [6, 6.07) is 51.0. The number of fused-ring (bicyclic) bond motifs is 4. The first-order valence-electron chi connectivity index (χ1n) is 19.0. The minimum absolute atomic E-state index is 0.0863. The minimum Gasteiger partial charge on any atom is -0.341 e. The lowest BCUT2D eigenvalue weighted by Crippen LogP contribution is -2.13. The fraction of sp³-hybridized carbons (Fsp3) is 0.240. The van der Waals surface area contributed by atoms with Crippen LogP contribution in [0.5, 0.6) is 0 Å². The van der Waals surface area contributed by atoms with Gasteiger partial charge in [0.1, 0.15) is 0 Å². The van der Waals surface area contributed by atoms with Crippen molar-refractivity contribution in [1.82, 2.24) is 0 Å². The zero-order chi connectivity index (χ0) is 35.8. The van der Waals surface area contributed by atoms with E-state index in [1.807, 2.05) is 0 Å². The number of rotatable bonds is 4. The molecule has 0 saturated heterocycles. The molecule has 0 saturated carbocycles. The minimum atomic E-state index is 0.0863. The number of hydrogen-bond donors (Lipinski definition) is 0. The molecular formula is C50H48N2. The molecule has 0 spiro atoms. The molecule has 258 valence electrons. The molecule has 0 fully saturated rings. The Kier molecular flexibility index (Phi) is 7.59. The average molecular weight is 677 g/mol. The van der Waals surface area contributed by atoms with Crippen molar-refractivity contribution in [3.63, 3.8) is 0 Å². The van der Waals surface area contributed by atoms with Gasteiger partial charge in [-0.15, -0.1) is 0 Å². The van der Waals surface area contributed by atoms with Crippen LogP contribution in [0.3, 0.4) is 0 Å². The third-order valence-corrected chi connectivity index (χ3v) is 11.6. The van der Waals surface area contributed by atoms with Crippen LogP contribution in [0.15, 0.2) is 133 Å². The van der Waals surface area contributed by atoms with Crippen molar-refractivity contribution in [1.29, 1.82) is 0 Å². The highest BCUT2D eigenvalue weighted by molar-refractivity contribution is 6.22. The highest BCUT2D eigenvalue weighted by atomic mass is 15.2. The quantitative estimate of drug-likeness (QED) is 0.171. The van der Waals surface area contributed by atoms with Crippen molar-refractivity contribution in [3.8, 4) is 22.3 Å². The van der Waals surface area contributed by atoms with Gasteiger partial charge in [-0.3, -0.25) is 0 Å². The standard InChI is InChI=1S/C50H48N2/c1-49(2,3)37-19-15-35(16-20-37)47-41-25-23-40(52-30-28-34-12-8-10-14-46(34)52)32-44(41)48(36-17-21-38(22-18-36)50(4,5)6)42-26-24-39(31-43(42)47)51-29-27-33-11-7-9-13-45(33)51/h7-26,31-32H,27-30H2,1-6H3. The number of anilines is 4. The van der Waals surface area contributed by atoms with E-state index in [9.17, 15) is 0 Å². The van der Waals surface area contributed by atoms with Gasteiger partial charge in [-0.05, 0) is 126 Å². The topological polar surface area (TPSA) is 6.48 Å². The molecule has 0 unspecified atom stereocenters. The molecule has 0 bridgehead atoms. The van der Waals surface area contributed by atoms with Gasteiger partial charge in [0, 0.05) is 35.8 Å². The Morgan fingerprint density at radius 3 is 1.17 bits per heavy atom. The van der Waals surface area contributed by atoms with Gasteiger partial charge in [-0.2, -0.15) is 0 Å². The molecular weight excluding hydrogens is 629 g/mol. The summed E-state index contributed by atoms with van der Waals surface area (Å²) in [4.78, 5) is 5.02. The summed E-state index contributed by atoms with van der Waals surface area (Å²) in [5, 5.41) is 5.18. The van der Waals surface area contributed by atoms with Gasteiger partial charge < -0.3 is 9.80 Å². The maximum absolute atomic E-state index is 2.51. The van der Waals surface area contributed by atoms with Crippen molar-refractivity contribution in [2.75, 3.05) is 22.9 Å². The van der Waals surface area contributed by atoms with Crippen molar-refractivity contribution >= 4 is 44.3 Å². The zero-order valence-corrected chi connectivity index (χ0v) is 31.4. The molecule has 7 aromatic rings. The average Bonchev–Trinajstić information content (AvgIpc) is 3.78. The monoisotopic (exact) mass is 676 g/mol. The van der Waals surface area contributed by atoms with Crippen LogP contribution in [0.2, 0.25) is 0 Å². The van der Waals surface area contributed by atoms with Crippen LogP contribution >= 0.6 is 0 Å². The van der Waals surface area contributed by atoms with E-state index < -0.39 is 0 Å². The van der Waals surface area contributed by atoms with Crippen LogP contribution in [-0.4, -0.2) is 13.1 Å². The largest absolute Gasteiger partial charge is 0.341 e. The van der Waals surface area contributed by atoms with Crippen LogP contribution in [0.1, 0.15) is 63.8 Å². The first-order valence-corrected chi connectivity index (χ1v) is 19.0. The van der Waals surface area contributed by atoms with E-state index >= 15 is 0 Å². The van der Waals surface area contributed by atoms with Gasteiger partial charge in [0.05, 0.1) is 0 Å². The van der Waals surface area contributed by atoms with Gasteiger partial charge in [0.15, 0.2) is 0 Å². The molecule has 0 aliphatic carbocycles. The smallest absolute Gasteiger partial charge is 0.0444 e. The van der Waals surface area contributed by atoms with E-state index in [0.29, 0.717) is 0 Å². The van der Waals surface area contributed by atoms with Crippen LogP contribution in [0, 0.1) is 0 Å². The van der Waals surface area contributed by atoms with Crippen molar-refractivity contribution in [3.05, 3.63) is 156 Å². The van der Waals surface area contributed by atoms with E-state index in [-0.39, 0.29) is 10.8 Å². The zero-order valence-electron chi connectivity index (χ0n) is 31.4. The molecule has 9 rings (SSSR count). The molecule has 0 atom stereocenters. The van der Waals surface area contributed by atoms with Gasteiger partial charge in [0.25, 0.3) is 0 Å². The SMILES string of the molecule is CC(C)(C)c1ccc(-c2c3ccc(N4CCc5ccccc54)cc3c(-c3ccc(C(C)(C)C)cc3)c3ccc(N4CCc5ccccc54)cc23)cc1. The Morgan fingerprint density at radius 1 is 0.404 bits per heavy atom. The molecule has 2 aliphatic heterocycles. The molecule has 0 radical (unpaired) electrons. The van der Waals surface area contributed by atoms with E-state index in [2.05, 4.69) is 185 Å². The molecule has 2 heteroatoms.